The summed E-state index contributed by atoms with van der Waals surface area (Å²) in [6, 6.07) is 15.7. The van der Waals surface area contributed by atoms with Crippen molar-refractivity contribution in [3.63, 3.8) is 0 Å². The molecular weight excluding hydrogens is 308 g/mol. The zero-order valence-corrected chi connectivity index (χ0v) is 13.9. The van der Waals surface area contributed by atoms with Crippen molar-refractivity contribution in [2.75, 3.05) is 13.7 Å². The summed E-state index contributed by atoms with van der Waals surface area (Å²) >= 11 is 5.45. The number of aromatic amines is 1. The van der Waals surface area contributed by atoms with Crippen LogP contribution in [0.3, 0.4) is 0 Å². The third kappa shape index (κ3) is 3.29. The second-order valence-corrected chi connectivity index (χ2v) is 5.39. The SMILES string of the molecule is CCOc1cccc(-n2cc(-c3ccc(OC)cc3)[nH]c2=S)c1. The average molecular weight is 326 g/mol. The molecule has 1 aromatic heterocycles. The van der Waals surface area contributed by atoms with Crippen LogP contribution in [0.25, 0.3) is 16.9 Å². The Hall–Kier alpha value is -2.53. The van der Waals surface area contributed by atoms with Gasteiger partial charge in [0.25, 0.3) is 0 Å². The molecule has 0 unspecified atom stereocenters. The smallest absolute Gasteiger partial charge is 0.182 e. The molecule has 0 fully saturated rings. The average Bonchev–Trinajstić information content (AvgIpc) is 2.97. The normalized spacial score (nSPS) is 10.5. The van der Waals surface area contributed by atoms with Gasteiger partial charge in [-0.2, -0.15) is 0 Å². The number of nitrogens with one attached hydrogen (secondary N) is 1. The summed E-state index contributed by atoms with van der Waals surface area (Å²) in [5, 5.41) is 0. The summed E-state index contributed by atoms with van der Waals surface area (Å²) in [5.41, 5.74) is 2.98. The summed E-state index contributed by atoms with van der Waals surface area (Å²) in [7, 11) is 1.66. The number of rotatable bonds is 5. The molecule has 0 saturated heterocycles. The number of hydrogen-bond acceptors (Lipinski definition) is 3. The van der Waals surface area contributed by atoms with E-state index in [1.165, 1.54) is 0 Å². The van der Waals surface area contributed by atoms with Crippen molar-refractivity contribution in [2.24, 2.45) is 0 Å². The van der Waals surface area contributed by atoms with Crippen LogP contribution in [-0.2, 0) is 0 Å². The number of methoxy groups -OCH3 is 1. The summed E-state index contributed by atoms with van der Waals surface area (Å²) in [5.74, 6) is 1.66. The van der Waals surface area contributed by atoms with E-state index in [0.29, 0.717) is 11.4 Å². The molecule has 1 heterocycles. The van der Waals surface area contributed by atoms with Crippen LogP contribution >= 0.6 is 12.2 Å². The second-order valence-electron chi connectivity index (χ2n) is 5.00. The first-order valence-corrected chi connectivity index (χ1v) is 7.81. The first-order valence-electron chi connectivity index (χ1n) is 7.40. The Morgan fingerprint density at radius 2 is 1.87 bits per heavy atom. The van der Waals surface area contributed by atoms with Gasteiger partial charge < -0.3 is 14.5 Å². The fraction of sp³-hybridized carbons (Fsp3) is 0.167. The van der Waals surface area contributed by atoms with Gasteiger partial charge in [0, 0.05) is 12.3 Å². The minimum atomic E-state index is 0.638. The second kappa shape index (κ2) is 6.71. The topological polar surface area (TPSA) is 39.2 Å². The highest BCUT2D eigenvalue weighted by Gasteiger charge is 2.06. The summed E-state index contributed by atoms with van der Waals surface area (Å²) in [6.45, 7) is 2.61. The third-order valence-corrected chi connectivity index (χ3v) is 3.83. The maximum atomic E-state index is 5.55. The fourth-order valence-corrected chi connectivity index (χ4v) is 2.66. The Kier molecular flexibility index (Phi) is 4.48. The van der Waals surface area contributed by atoms with Gasteiger partial charge in [-0.1, -0.05) is 6.07 Å². The summed E-state index contributed by atoms with van der Waals surface area (Å²) < 4.78 is 13.3. The van der Waals surface area contributed by atoms with Crippen molar-refractivity contribution in [3.05, 3.63) is 59.5 Å². The third-order valence-electron chi connectivity index (χ3n) is 3.53. The Balaban J connectivity index is 1.97. The fourth-order valence-electron chi connectivity index (χ4n) is 2.39. The molecule has 0 aliphatic heterocycles. The highest BCUT2D eigenvalue weighted by Crippen LogP contribution is 2.24. The number of benzene rings is 2. The van der Waals surface area contributed by atoms with Crippen LogP contribution in [0.5, 0.6) is 11.5 Å². The van der Waals surface area contributed by atoms with E-state index >= 15 is 0 Å². The van der Waals surface area contributed by atoms with Crippen LogP contribution in [0.4, 0.5) is 0 Å². The number of H-pyrrole nitrogens is 1. The molecule has 3 aromatic rings. The molecule has 0 spiro atoms. The van der Waals surface area contributed by atoms with Gasteiger partial charge in [-0.15, -0.1) is 0 Å². The van der Waals surface area contributed by atoms with Gasteiger partial charge in [-0.25, -0.2) is 0 Å². The molecule has 0 radical (unpaired) electrons. The number of ether oxygens (including phenoxy) is 2. The lowest BCUT2D eigenvalue weighted by molar-refractivity contribution is 0.340. The Bertz CT molecular complexity index is 850. The highest BCUT2D eigenvalue weighted by atomic mass is 32.1. The van der Waals surface area contributed by atoms with E-state index in [0.717, 1.165) is 28.4 Å². The summed E-state index contributed by atoms with van der Waals surface area (Å²) in [4.78, 5) is 3.24. The maximum Gasteiger partial charge on any atom is 0.182 e. The Morgan fingerprint density at radius 1 is 1.09 bits per heavy atom. The van der Waals surface area contributed by atoms with E-state index in [1.54, 1.807) is 7.11 Å². The van der Waals surface area contributed by atoms with E-state index in [4.69, 9.17) is 21.7 Å². The Morgan fingerprint density at radius 3 is 2.57 bits per heavy atom. The highest BCUT2D eigenvalue weighted by molar-refractivity contribution is 7.71. The van der Waals surface area contributed by atoms with Gasteiger partial charge in [-0.05, 0) is 61.1 Å². The molecule has 0 bridgehead atoms. The maximum absolute atomic E-state index is 5.55. The zero-order valence-electron chi connectivity index (χ0n) is 13.1. The van der Waals surface area contributed by atoms with Crippen LogP contribution in [0.2, 0.25) is 0 Å². The quantitative estimate of drug-likeness (QED) is 0.696. The van der Waals surface area contributed by atoms with Gasteiger partial charge >= 0.3 is 0 Å². The molecule has 118 valence electrons. The molecule has 1 N–H and O–H groups in total. The van der Waals surface area contributed by atoms with Crippen LogP contribution in [0.15, 0.2) is 54.7 Å². The molecule has 0 amide bonds. The van der Waals surface area contributed by atoms with E-state index in [1.807, 2.05) is 66.2 Å². The van der Waals surface area contributed by atoms with Gasteiger partial charge in [0.2, 0.25) is 0 Å². The molecule has 3 rings (SSSR count). The van der Waals surface area contributed by atoms with E-state index in [-0.39, 0.29) is 0 Å². The van der Waals surface area contributed by atoms with E-state index < -0.39 is 0 Å². The van der Waals surface area contributed by atoms with Gasteiger partial charge in [-0.3, -0.25) is 4.57 Å². The number of nitrogens with zero attached hydrogens (tertiary/aromatic N) is 1. The predicted molar refractivity (Wildman–Crippen MR) is 94.1 cm³/mol. The predicted octanol–water partition coefficient (Wildman–Crippen LogP) is 4.61. The van der Waals surface area contributed by atoms with Crippen LogP contribution in [0.1, 0.15) is 6.92 Å². The van der Waals surface area contributed by atoms with Crippen molar-refractivity contribution in [1.29, 1.82) is 0 Å². The molecule has 0 aliphatic rings. The van der Waals surface area contributed by atoms with Gasteiger partial charge in [0.1, 0.15) is 11.5 Å². The minimum absolute atomic E-state index is 0.638. The number of imidazole rings is 1. The van der Waals surface area contributed by atoms with Crippen LogP contribution in [0, 0.1) is 4.77 Å². The lowest BCUT2D eigenvalue weighted by atomic mass is 10.1. The van der Waals surface area contributed by atoms with E-state index in [9.17, 15) is 0 Å². The molecule has 4 nitrogen and oxygen atoms in total. The van der Waals surface area contributed by atoms with Crippen molar-refractivity contribution < 1.29 is 9.47 Å². The van der Waals surface area contributed by atoms with Crippen molar-refractivity contribution >= 4 is 12.2 Å². The first kappa shape index (κ1) is 15.4. The van der Waals surface area contributed by atoms with Crippen LogP contribution < -0.4 is 9.47 Å². The van der Waals surface area contributed by atoms with Gasteiger partial charge in [0.15, 0.2) is 4.77 Å². The number of hydrogen-bond donors (Lipinski definition) is 1. The van der Waals surface area contributed by atoms with Crippen molar-refractivity contribution in [2.45, 2.75) is 6.92 Å². The molecule has 2 aromatic carbocycles. The Labute approximate surface area is 140 Å². The summed E-state index contributed by atoms with van der Waals surface area (Å²) in [6.07, 6.45) is 2.00. The standard InChI is InChI=1S/C18H18N2O2S/c1-3-22-16-6-4-5-14(11-16)20-12-17(19-18(20)23)13-7-9-15(21-2)10-8-13/h4-12H,3H2,1-2H3,(H,19,23). The number of aromatic nitrogens is 2. The minimum Gasteiger partial charge on any atom is -0.497 e. The molecule has 5 heteroatoms. The molecule has 0 aliphatic carbocycles. The monoisotopic (exact) mass is 326 g/mol. The zero-order chi connectivity index (χ0) is 16.2. The lowest BCUT2D eigenvalue weighted by Crippen LogP contribution is -1.95. The lowest BCUT2D eigenvalue weighted by Gasteiger charge is -2.06. The largest absolute Gasteiger partial charge is 0.497 e. The van der Waals surface area contributed by atoms with Gasteiger partial charge in [0.05, 0.1) is 25.1 Å². The van der Waals surface area contributed by atoms with Crippen molar-refractivity contribution in [3.8, 4) is 28.4 Å². The van der Waals surface area contributed by atoms with Crippen molar-refractivity contribution in [1.82, 2.24) is 9.55 Å². The van der Waals surface area contributed by atoms with E-state index in [2.05, 4.69) is 4.98 Å². The molecule has 23 heavy (non-hydrogen) atoms. The van der Waals surface area contributed by atoms with Crippen LogP contribution in [-0.4, -0.2) is 23.3 Å². The first-order chi connectivity index (χ1) is 11.2. The molecular formula is C18H18N2O2S. The molecule has 0 atom stereocenters. The molecule has 0 saturated carbocycles.